The quantitative estimate of drug-likeness (QED) is 0.884. The summed E-state index contributed by atoms with van der Waals surface area (Å²) in [6.07, 6.45) is 3.68. The lowest BCUT2D eigenvalue weighted by Crippen LogP contribution is -2.40. The Morgan fingerprint density at radius 3 is 2.83 bits per heavy atom. The molecule has 5 heteroatoms. The predicted molar refractivity (Wildman–Crippen MR) is 95.4 cm³/mol. The monoisotopic (exact) mass is 324 g/mol. The smallest absolute Gasteiger partial charge is 0.234 e. The van der Waals surface area contributed by atoms with E-state index in [1.807, 2.05) is 37.5 Å². The highest BCUT2D eigenvalue weighted by atomic mass is 16.1. The molecule has 0 aliphatic carbocycles. The van der Waals surface area contributed by atoms with E-state index in [2.05, 4.69) is 33.0 Å². The number of carbonyl (C=O) groups is 1. The Morgan fingerprint density at radius 1 is 1.29 bits per heavy atom. The minimum absolute atomic E-state index is 0.155. The molecule has 1 atom stereocenters. The highest BCUT2D eigenvalue weighted by Gasteiger charge is 2.29. The summed E-state index contributed by atoms with van der Waals surface area (Å²) < 4.78 is 0. The van der Waals surface area contributed by atoms with Crippen LogP contribution in [0.25, 0.3) is 0 Å². The fourth-order valence-electron chi connectivity index (χ4n) is 3.39. The van der Waals surface area contributed by atoms with Gasteiger partial charge in [0.25, 0.3) is 0 Å². The van der Waals surface area contributed by atoms with Crippen molar-refractivity contribution in [1.29, 1.82) is 0 Å². The molecule has 1 aliphatic rings. The molecule has 1 fully saturated rings. The largest absolute Gasteiger partial charge is 0.368 e. The van der Waals surface area contributed by atoms with Crippen molar-refractivity contribution < 1.29 is 4.79 Å². The number of hydrogen-bond acceptors (Lipinski definition) is 4. The van der Waals surface area contributed by atoms with Crippen LogP contribution in [-0.4, -0.2) is 35.4 Å². The van der Waals surface area contributed by atoms with E-state index in [1.165, 1.54) is 5.56 Å². The molecule has 24 heavy (non-hydrogen) atoms. The SMILES string of the molecule is CN(Cc1ccccc1)c1ncccc1CN1CCCC1C(N)=O. The van der Waals surface area contributed by atoms with Crippen LogP contribution in [0.15, 0.2) is 48.7 Å². The van der Waals surface area contributed by atoms with Gasteiger partial charge < -0.3 is 10.6 Å². The van der Waals surface area contributed by atoms with Crippen LogP contribution in [0, 0.1) is 0 Å². The lowest BCUT2D eigenvalue weighted by atomic mass is 10.1. The molecule has 2 aromatic rings. The first-order valence-corrected chi connectivity index (χ1v) is 8.37. The number of aromatic nitrogens is 1. The number of likely N-dealkylation sites (tertiary alicyclic amines) is 1. The highest BCUT2D eigenvalue weighted by molar-refractivity contribution is 5.80. The summed E-state index contributed by atoms with van der Waals surface area (Å²) >= 11 is 0. The van der Waals surface area contributed by atoms with E-state index < -0.39 is 0 Å². The number of pyridine rings is 1. The molecule has 1 unspecified atom stereocenters. The van der Waals surface area contributed by atoms with Crippen molar-refractivity contribution in [1.82, 2.24) is 9.88 Å². The second-order valence-corrected chi connectivity index (χ2v) is 6.36. The van der Waals surface area contributed by atoms with Crippen LogP contribution in [0.4, 0.5) is 5.82 Å². The van der Waals surface area contributed by atoms with Gasteiger partial charge in [-0.05, 0) is 31.0 Å². The minimum atomic E-state index is -0.226. The Bertz CT molecular complexity index is 689. The first kappa shape index (κ1) is 16.5. The van der Waals surface area contributed by atoms with Gasteiger partial charge in [-0.2, -0.15) is 0 Å². The van der Waals surface area contributed by atoms with Crippen LogP contribution in [0.2, 0.25) is 0 Å². The average molecular weight is 324 g/mol. The van der Waals surface area contributed by atoms with Crippen LogP contribution >= 0.6 is 0 Å². The Kier molecular flexibility index (Phi) is 5.11. The summed E-state index contributed by atoms with van der Waals surface area (Å²) in [5.74, 6) is 0.729. The van der Waals surface area contributed by atoms with Crippen molar-refractivity contribution in [3.8, 4) is 0 Å². The van der Waals surface area contributed by atoms with Crippen molar-refractivity contribution in [2.75, 3.05) is 18.5 Å². The van der Waals surface area contributed by atoms with Crippen molar-refractivity contribution in [3.63, 3.8) is 0 Å². The first-order valence-electron chi connectivity index (χ1n) is 8.37. The number of carbonyl (C=O) groups excluding carboxylic acids is 1. The van der Waals surface area contributed by atoms with Crippen molar-refractivity contribution in [3.05, 3.63) is 59.8 Å². The van der Waals surface area contributed by atoms with E-state index in [0.29, 0.717) is 6.54 Å². The normalized spacial score (nSPS) is 17.8. The molecule has 0 saturated carbocycles. The summed E-state index contributed by atoms with van der Waals surface area (Å²) in [5.41, 5.74) is 7.91. The van der Waals surface area contributed by atoms with Crippen molar-refractivity contribution >= 4 is 11.7 Å². The van der Waals surface area contributed by atoms with Crippen molar-refractivity contribution in [2.45, 2.75) is 32.0 Å². The topological polar surface area (TPSA) is 62.5 Å². The zero-order chi connectivity index (χ0) is 16.9. The summed E-state index contributed by atoms with van der Waals surface area (Å²) in [7, 11) is 2.05. The number of nitrogens with zero attached hydrogens (tertiary/aromatic N) is 3. The third-order valence-corrected chi connectivity index (χ3v) is 4.56. The number of nitrogens with two attached hydrogens (primary N) is 1. The first-order chi connectivity index (χ1) is 11.6. The number of hydrogen-bond donors (Lipinski definition) is 1. The molecule has 0 bridgehead atoms. The fourth-order valence-corrected chi connectivity index (χ4v) is 3.39. The molecule has 126 valence electrons. The Balaban J connectivity index is 1.76. The molecule has 0 radical (unpaired) electrons. The third-order valence-electron chi connectivity index (χ3n) is 4.56. The Hall–Kier alpha value is -2.40. The van der Waals surface area contributed by atoms with E-state index in [1.54, 1.807) is 0 Å². The molecule has 1 aromatic carbocycles. The van der Waals surface area contributed by atoms with E-state index in [0.717, 1.165) is 37.3 Å². The molecular formula is C19H24N4O. The van der Waals surface area contributed by atoms with Gasteiger partial charge in [0.05, 0.1) is 6.04 Å². The van der Waals surface area contributed by atoms with Crippen LogP contribution in [0.1, 0.15) is 24.0 Å². The number of benzene rings is 1. The van der Waals surface area contributed by atoms with Gasteiger partial charge in [0.1, 0.15) is 5.82 Å². The predicted octanol–water partition coefficient (Wildman–Crippen LogP) is 2.17. The van der Waals surface area contributed by atoms with Gasteiger partial charge in [0.15, 0.2) is 0 Å². The average Bonchev–Trinajstić information content (AvgIpc) is 3.04. The number of amides is 1. The summed E-state index contributed by atoms with van der Waals surface area (Å²) in [4.78, 5) is 20.5. The fraction of sp³-hybridized carbons (Fsp3) is 0.368. The van der Waals surface area contributed by atoms with Gasteiger partial charge in [-0.25, -0.2) is 4.98 Å². The summed E-state index contributed by atoms with van der Waals surface area (Å²) in [6, 6.07) is 14.2. The van der Waals surface area contributed by atoms with Crippen LogP contribution in [0.5, 0.6) is 0 Å². The van der Waals surface area contributed by atoms with E-state index in [4.69, 9.17) is 5.73 Å². The highest BCUT2D eigenvalue weighted by Crippen LogP contribution is 2.24. The van der Waals surface area contributed by atoms with Gasteiger partial charge >= 0.3 is 0 Å². The molecule has 2 heterocycles. The zero-order valence-corrected chi connectivity index (χ0v) is 14.1. The maximum absolute atomic E-state index is 11.6. The molecule has 3 rings (SSSR count). The molecule has 1 aromatic heterocycles. The molecule has 1 amide bonds. The second kappa shape index (κ2) is 7.45. The van der Waals surface area contributed by atoms with Gasteiger partial charge in [0.2, 0.25) is 5.91 Å². The van der Waals surface area contributed by atoms with Gasteiger partial charge in [-0.15, -0.1) is 0 Å². The molecule has 0 spiro atoms. The lowest BCUT2D eigenvalue weighted by Gasteiger charge is -2.26. The van der Waals surface area contributed by atoms with Gasteiger partial charge in [-0.3, -0.25) is 9.69 Å². The standard InChI is InChI=1S/C19H24N4O/c1-22(13-15-7-3-2-4-8-15)19-16(9-5-11-21-19)14-23-12-6-10-17(23)18(20)24/h2-5,7-9,11,17H,6,10,12-14H2,1H3,(H2,20,24). The van der Waals surface area contributed by atoms with E-state index in [-0.39, 0.29) is 11.9 Å². The van der Waals surface area contributed by atoms with Gasteiger partial charge in [-0.1, -0.05) is 36.4 Å². The van der Waals surface area contributed by atoms with Crippen LogP contribution in [-0.2, 0) is 17.9 Å². The third kappa shape index (κ3) is 3.74. The maximum atomic E-state index is 11.6. The molecule has 2 N–H and O–H groups in total. The van der Waals surface area contributed by atoms with Crippen LogP contribution < -0.4 is 10.6 Å². The number of rotatable bonds is 6. The molecule has 1 aliphatic heterocycles. The molecular weight excluding hydrogens is 300 g/mol. The minimum Gasteiger partial charge on any atom is -0.368 e. The Labute approximate surface area is 143 Å². The summed E-state index contributed by atoms with van der Waals surface area (Å²) in [6.45, 7) is 2.41. The number of anilines is 1. The van der Waals surface area contributed by atoms with E-state index in [9.17, 15) is 4.79 Å². The maximum Gasteiger partial charge on any atom is 0.234 e. The number of primary amides is 1. The van der Waals surface area contributed by atoms with Gasteiger partial charge in [0, 0.05) is 31.9 Å². The summed E-state index contributed by atoms with van der Waals surface area (Å²) in [5, 5.41) is 0. The lowest BCUT2D eigenvalue weighted by molar-refractivity contribution is -0.122. The van der Waals surface area contributed by atoms with E-state index >= 15 is 0 Å². The molecule has 5 nitrogen and oxygen atoms in total. The van der Waals surface area contributed by atoms with Crippen molar-refractivity contribution in [2.24, 2.45) is 5.73 Å². The zero-order valence-electron chi connectivity index (χ0n) is 14.1. The Morgan fingerprint density at radius 2 is 2.08 bits per heavy atom. The molecule has 1 saturated heterocycles. The second-order valence-electron chi connectivity index (χ2n) is 6.36. The van der Waals surface area contributed by atoms with Crippen LogP contribution in [0.3, 0.4) is 0 Å².